The minimum Gasteiger partial charge on any atom is -0.508 e. The molecule has 3 aromatic carbocycles. The lowest BCUT2D eigenvalue weighted by Crippen LogP contribution is -2.00. The molecule has 0 unspecified atom stereocenters. The van der Waals surface area contributed by atoms with Gasteiger partial charge in [0.25, 0.3) is 0 Å². The van der Waals surface area contributed by atoms with Crippen molar-refractivity contribution < 1.29 is 14.6 Å². The monoisotopic (exact) mass is 304 g/mol. The summed E-state index contributed by atoms with van der Waals surface area (Å²) in [6, 6.07) is 22.7. The number of esters is 1. The fourth-order valence-electron chi connectivity index (χ4n) is 2.41. The van der Waals surface area contributed by atoms with E-state index in [4.69, 9.17) is 4.74 Å². The van der Waals surface area contributed by atoms with E-state index in [1.807, 2.05) is 42.5 Å². The second kappa shape index (κ2) is 6.36. The van der Waals surface area contributed by atoms with Crippen molar-refractivity contribution in [1.29, 1.82) is 0 Å². The summed E-state index contributed by atoms with van der Waals surface area (Å²) in [4.78, 5) is 11.0. The molecule has 0 amide bonds. The van der Waals surface area contributed by atoms with Crippen molar-refractivity contribution in [2.75, 3.05) is 0 Å². The van der Waals surface area contributed by atoms with Gasteiger partial charge in [-0.25, -0.2) is 0 Å². The second-order valence-electron chi connectivity index (χ2n) is 5.25. The Labute approximate surface area is 134 Å². The number of carbonyl (C=O) groups excluding carboxylic acids is 1. The molecule has 0 radical (unpaired) electrons. The topological polar surface area (TPSA) is 46.5 Å². The van der Waals surface area contributed by atoms with Crippen LogP contribution in [-0.4, -0.2) is 11.1 Å². The summed E-state index contributed by atoms with van der Waals surface area (Å²) < 4.78 is 5.05. The first-order valence-corrected chi connectivity index (χ1v) is 7.30. The maximum atomic E-state index is 11.0. The van der Waals surface area contributed by atoms with Crippen molar-refractivity contribution in [3.8, 4) is 33.8 Å². The first-order valence-electron chi connectivity index (χ1n) is 7.30. The average Bonchev–Trinajstić information content (AvgIpc) is 2.56. The number of benzene rings is 3. The Balaban J connectivity index is 1.90. The fourth-order valence-corrected chi connectivity index (χ4v) is 2.41. The highest BCUT2D eigenvalue weighted by Crippen LogP contribution is 2.28. The molecule has 3 nitrogen and oxygen atoms in total. The number of carbonyl (C=O) groups is 1. The maximum Gasteiger partial charge on any atom is 0.308 e. The van der Waals surface area contributed by atoms with Crippen molar-refractivity contribution in [1.82, 2.24) is 0 Å². The Morgan fingerprint density at radius 3 is 1.83 bits per heavy atom. The van der Waals surface area contributed by atoms with Crippen LogP contribution in [0.5, 0.6) is 11.5 Å². The first kappa shape index (κ1) is 14.9. The SMILES string of the molecule is CC(=O)Oc1ccc(-c2cccc(-c3ccc(O)cc3)c2)cc1. The molecule has 23 heavy (non-hydrogen) atoms. The van der Waals surface area contributed by atoms with Crippen molar-refractivity contribution in [3.63, 3.8) is 0 Å². The summed E-state index contributed by atoms with van der Waals surface area (Å²) in [5, 5.41) is 9.39. The number of ether oxygens (including phenoxy) is 1. The lowest BCUT2D eigenvalue weighted by molar-refractivity contribution is -0.131. The molecule has 0 aliphatic carbocycles. The smallest absolute Gasteiger partial charge is 0.308 e. The fraction of sp³-hybridized carbons (Fsp3) is 0.0500. The largest absolute Gasteiger partial charge is 0.508 e. The number of aromatic hydroxyl groups is 1. The standard InChI is InChI=1S/C20H16O3/c1-14(21)23-20-11-7-16(8-12-20)18-4-2-3-17(13-18)15-5-9-19(22)10-6-15/h2-13,22H,1H3. The van der Waals surface area contributed by atoms with Gasteiger partial charge < -0.3 is 9.84 Å². The number of rotatable bonds is 3. The third-order valence-electron chi connectivity index (χ3n) is 3.51. The molecule has 0 atom stereocenters. The van der Waals surface area contributed by atoms with Crippen LogP contribution in [-0.2, 0) is 4.79 Å². The third kappa shape index (κ3) is 3.58. The van der Waals surface area contributed by atoms with Gasteiger partial charge >= 0.3 is 5.97 Å². The van der Waals surface area contributed by atoms with Gasteiger partial charge in [0.05, 0.1) is 0 Å². The highest BCUT2D eigenvalue weighted by Gasteiger charge is 2.03. The number of phenols is 1. The van der Waals surface area contributed by atoms with Gasteiger partial charge in [0, 0.05) is 6.92 Å². The third-order valence-corrected chi connectivity index (χ3v) is 3.51. The molecular formula is C20H16O3. The Morgan fingerprint density at radius 1 is 0.783 bits per heavy atom. The van der Waals surface area contributed by atoms with E-state index in [0.717, 1.165) is 22.3 Å². The number of hydrogen-bond acceptors (Lipinski definition) is 3. The average molecular weight is 304 g/mol. The molecule has 1 N–H and O–H groups in total. The van der Waals surface area contributed by atoms with E-state index in [1.165, 1.54) is 6.92 Å². The molecule has 114 valence electrons. The molecule has 0 saturated heterocycles. The molecule has 0 spiro atoms. The van der Waals surface area contributed by atoms with Gasteiger partial charge in [0.1, 0.15) is 11.5 Å². The Morgan fingerprint density at radius 2 is 1.30 bits per heavy atom. The van der Waals surface area contributed by atoms with Crippen LogP contribution >= 0.6 is 0 Å². The number of hydrogen-bond donors (Lipinski definition) is 1. The second-order valence-corrected chi connectivity index (χ2v) is 5.25. The van der Waals surface area contributed by atoms with E-state index in [-0.39, 0.29) is 11.7 Å². The molecule has 3 heteroatoms. The normalized spacial score (nSPS) is 10.3. The van der Waals surface area contributed by atoms with Crippen LogP contribution in [0.25, 0.3) is 22.3 Å². The van der Waals surface area contributed by atoms with Crippen LogP contribution in [0.15, 0.2) is 72.8 Å². The van der Waals surface area contributed by atoms with E-state index in [0.29, 0.717) is 5.75 Å². The number of phenolic OH excluding ortho intramolecular Hbond substituents is 1. The minimum absolute atomic E-state index is 0.256. The molecule has 3 rings (SSSR count). The van der Waals surface area contributed by atoms with Crippen LogP contribution < -0.4 is 4.74 Å². The van der Waals surface area contributed by atoms with Crippen LogP contribution in [0.4, 0.5) is 0 Å². The van der Waals surface area contributed by atoms with Gasteiger partial charge in [0.15, 0.2) is 0 Å². The van der Waals surface area contributed by atoms with Crippen LogP contribution in [0.3, 0.4) is 0 Å². The van der Waals surface area contributed by atoms with Crippen LogP contribution in [0.1, 0.15) is 6.92 Å². The van der Waals surface area contributed by atoms with Gasteiger partial charge in [-0.3, -0.25) is 4.79 Å². The highest BCUT2D eigenvalue weighted by molar-refractivity contribution is 5.74. The lowest BCUT2D eigenvalue weighted by Gasteiger charge is -2.07. The van der Waals surface area contributed by atoms with E-state index < -0.39 is 0 Å². The Hall–Kier alpha value is -3.07. The van der Waals surface area contributed by atoms with Gasteiger partial charge in [-0.2, -0.15) is 0 Å². The van der Waals surface area contributed by atoms with Gasteiger partial charge in [-0.1, -0.05) is 42.5 Å². The van der Waals surface area contributed by atoms with Gasteiger partial charge in [0.2, 0.25) is 0 Å². The molecule has 0 saturated carbocycles. The molecule has 0 fully saturated rings. The highest BCUT2D eigenvalue weighted by atomic mass is 16.5. The van der Waals surface area contributed by atoms with Gasteiger partial charge in [-0.15, -0.1) is 0 Å². The molecule has 0 aliphatic heterocycles. The summed E-state index contributed by atoms with van der Waals surface area (Å²) >= 11 is 0. The summed E-state index contributed by atoms with van der Waals surface area (Å²) in [5.41, 5.74) is 4.24. The predicted molar refractivity (Wildman–Crippen MR) is 90.3 cm³/mol. The first-order chi connectivity index (χ1) is 11.1. The summed E-state index contributed by atoms with van der Waals surface area (Å²) in [6.45, 7) is 1.38. The van der Waals surface area contributed by atoms with Crippen molar-refractivity contribution in [2.45, 2.75) is 6.92 Å². The molecule has 3 aromatic rings. The van der Waals surface area contributed by atoms with Gasteiger partial charge in [-0.05, 0) is 52.6 Å². The maximum absolute atomic E-state index is 11.0. The van der Waals surface area contributed by atoms with Crippen molar-refractivity contribution in [2.24, 2.45) is 0 Å². The Bertz CT molecular complexity index is 818. The van der Waals surface area contributed by atoms with Crippen molar-refractivity contribution >= 4 is 5.97 Å². The zero-order valence-electron chi connectivity index (χ0n) is 12.7. The van der Waals surface area contributed by atoms with E-state index >= 15 is 0 Å². The lowest BCUT2D eigenvalue weighted by atomic mass is 9.99. The van der Waals surface area contributed by atoms with Crippen LogP contribution in [0.2, 0.25) is 0 Å². The Kier molecular flexibility index (Phi) is 4.11. The molecule has 0 aliphatic rings. The molecule has 0 aromatic heterocycles. The quantitative estimate of drug-likeness (QED) is 0.566. The summed E-state index contributed by atoms with van der Waals surface area (Å²) in [6.07, 6.45) is 0. The zero-order chi connectivity index (χ0) is 16.2. The summed E-state index contributed by atoms with van der Waals surface area (Å²) in [7, 11) is 0. The van der Waals surface area contributed by atoms with E-state index in [9.17, 15) is 9.90 Å². The molecular weight excluding hydrogens is 288 g/mol. The van der Waals surface area contributed by atoms with E-state index in [2.05, 4.69) is 6.07 Å². The van der Waals surface area contributed by atoms with E-state index in [1.54, 1.807) is 24.3 Å². The zero-order valence-corrected chi connectivity index (χ0v) is 12.7. The summed E-state index contributed by atoms with van der Waals surface area (Å²) in [5.74, 6) is 0.467. The molecule has 0 bridgehead atoms. The predicted octanol–water partition coefficient (Wildman–Crippen LogP) is 4.65. The minimum atomic E-state index is -0.327. The van der Waals surface area contributed by atoms with Crippen LogP contribution in [0, 0.1) is 0 Å². The molecule has 0 heterocycles. The van der Waals surface area contributed by atoms with Crippen molar-refractivity contribution in [3.05, 3.63) is 72.8 Å².